The average Bonchev–Trinajstić information content (AvgIpc) is 2.69. The first kappa shape index (κ1) is 22.6. The van der Waals surface area contributed by atoms with Crippen LogP contribution in [0, 0.1) is 0 Å². The second-order valence-electron chi connectivity index (χ2n) is 7.98. The van der Waals surface area contributed by atoms with E-state index in [1.807, 2.05) is 18.3 Å². The Morgan fingerprint density at radius 2 is 1.61 bits per heavy atom. The molecule has 0 heterocycles. The Bertz CT molecular complexity index is 776. The van der Waals surface area contributed by atoms with Crippen LogP contribution in [0.4, 0.5) is 0 Å². The van der Waals surface area contributed by atoms with E-state index in [0.29, 0.717) is 8.58 Å². The molecule has 0 aromatic heterocycles. The molecule has 2 aromatic carbocycles. The van der Waals surface area contributed by atoms with Gasteiger partial charge in [0, 0.05) is 24.0 Å². The van der Waals surface area contributed by atoms with Gasteiger partial charge in [-0.25, -0.2) is 0 Å². The zero-order valence-electron chi connectivity index (χ0n) is 18.1. The molecule has 0 saturated carbocycles. The molecule has 28 heavy (non-hydrogen) atoms. The third kappa shape index (κ3) is 5.90. The minimum atomic E-state index is -0.0799. The number of methoxy groups -OCH3 is 1. The first-order chi connectivity index (χ1) is 13.3. The summed E-state index contributed by atoms with van der Waals surface area (Å²) in [5, 5.41) is 1.37. The van der Waals surface area contributed by atoms with Crippen molar-refractivity contribution >= 4 is 20.1 Å². The van der Waals surface area contributed by atoms with Gasteiger partial charge in [-0.05, 0) is 50.5 Å². The predicted molar refractivity (Wildman–Crippen MR) is 123 cm³/mol. The summed E-state index contributed by atoms with van der Waals surface area (Å²) < 4.78 is 11.1. The molecular formula is C24H34NO2P. The van der Waals surface area contributed by atoms with Gasteiger partial charge in [0.2, 0.25) is 0 Å². The van der Waals surface area contributed by atoms with Crippen molar-refractivity contribution in [3.05, 3.63) is 59.7 Å². The van der Waals surface area contributed by atoms with Crippen LogP contribution in [0.25, 0.3) is 0 Å². The number of hydrogen-bond donors (Lipinski definition) is 0. The van der Waals surface area contributed by atoms with Gasteiger partial charge in [0.15, 0.2) is 6.79 Å². The van der Waals surface area contributed by atoms with Gasteiger partial charge in [0.05, 0.1) is 5.54 Å². The smallest absolute Gasteiger partial charge is 0.188 e. The Kier molecular flexibility index (Phi) is 8.22. The Morgan fingerprint density at radius 1 is 0.964 bits per heavy atom. The normalized spacial score (nSPS) is 12.9. The SMILES string of the molecule is CCC(CC)(Pc1ccccc1C=NC(C)(C)C)c1ccccc1OCOC. The zero-order chi connectivity index (χ0) is 20.6. The van der Waals surface area contributed by atoms with Crippen molar-refractivity contribution in [2.24, 2.45) is 4.99 Å². The summed E-state index contributed by atoms with van der Waals surface area (Å²) in [7, 11) is 2.28. The molecule has 1 atom stereocenters. The van der Waals surface area contributed by atoms with Crippen LogP contribution >= 0.6 is 8.58 Å². The van der Waals surface area contributed by atoms with E-state index in [0.717, 1.165) is 18.6 Å². The molecule has 0 amide bonds. The molecule has 3 nitrogen and oxygen atoms in total. The maximum absolute atomic E-state index is 5.91. The summed E-state index contributed by atoms with van der Waals surface area (Å²) in [6.45, 7) is 11.2. The standard InChI is InChI=1S/C24H34NO2P/c1-7-24(8-2,20-14-10-11-15-21(20)27-18-26-6)28-22-16-12-9-13-19(22)17-25-23(3,4)5/h9-17,28H,7-8,18H2,1-6H3. The number of rotatable bonds is 9. The summed E-state index contributed by atoms with van der Waals surface area (Å²) in [5.74, 6) is 0.918. The molecule has 0 saturated heterocycles. The van der Waals surface area contributed by atoms with Gasteiger partial charge >= 0.3 is 0 Å². The zero-order valence-corrected chi connectivity index (χ0v) is 19.1. The van der Waals surface area contributed by atoms with Gasteiger partial charge in [-0.1, -0.05) is 64.9 Å². The molecule has 2 aromatic rings. The van der Waals surface area contributed by atoms with E-state index in [9.17, 15) is 0 Å². The van der Waals surface area contributed by atoms with Gasteiger partial charge < -0.3 is 9.47 Å². The molecule has 152 valence electrons. The molecule has 0 aliphatic rings. The van der Waals surface area contributed by atoms with E-state index in [2.05, 4.69) is 71.0 Å². The van der Waals surface area contributed by atoms with Crippen LogP contribution in [0.3, 0.4) is 0 Å². The molecule has 0 spiro atoms. The van der Waals surface area contributed by atoms with Crippen molar-refractivity contribution in [2.75, 3.05) is 13.9 Å². The predicted octanol–water partition coefficient (Wildman–Crippen LogP) is 5.91. The lowest BCUT2D eigenvalue weighted by Gasteiger charge is -2.34. The summed E-state index contributed by atoms with van der Waals surface area (Å²) in [6.07, 6.45) is 4.12. The number of benzene rings is 2. The first-order valence-electron chi connectivity index (χ1n) is 9.99. The minimum absolute atomic E-state index is 0.0238. The van der Waals surface area contributed by atoms with E-state index in [1.165, 1.54) is 16.4 Å². The highest BCUT2D eigenvalue weighted by Crippen LogP contribution is 2.50. The lowest BCUT2D eigenvalue weighted by Crippen LogP contribution is -2.24. The third-order valence-electron chi connectivity index (χ3n) is 4.87. The number of ether oxygens (including phenoxy) is 2. The van der Waals surface area contributed by atoms with Crippen molar-refractivity contribution in [1.29, 1.82) is 0 Å². The molecule has 1 unspecified atom stereocenters. The topological polar surface area (TPSA) is 30.8 Å². The van der Waals surface area contributed by atoms with Gasteiger partial charge in [-0.15, -0.1) is 0 Å². The number of hydrogen-bond acceptors (Lipinski definition) is 3. The number of aliphatic imine (C=N–C) groups is 1. The van der Waals surface area contributed by atoms with Crippen LogP contribution in [0.5, 0.6) is 5.75 Å². The highest BCUT2D eigenvalue weighted by Gasteiger charge is 2.32. The van der Waals surface area contributed by atoms with Gasteiger partial charge in [0.1, 0.15) is 5.75 Å². The molecule has 0 aliphatic heterocycles. The Balaban J connectivity index is 2.46. The first-order valence-corrected chi connectivity index (χ1v) is 11.0. The van der Waals surface area contributed by atoms with Crippen LogP contribution in [0.15, 0.2) is 53.5 Å². The average molecular weight is 400 g/mol. The van der Waals surface area contributed by atoms with E-state index in [-0.39, 0.29) is 17.5 Å². The van der Waals surface area contributed by atoms with Crippen molar-refractivity contribution in [1.82, 2.24) is 0 Å². The Morgan fingerprint density at radius 3 is 2.25 bits per heavy atom. The Labute approximate surface area is 172 Å². The highest BCUT2D eigenvalue weighted by atomic mass is 31.1. The fourth-order valence-electron chi connectivity index (χ4n) is 3.23. The van der Waals surface area contributed by atoms with Crippen molar-refractivity contribution < 1.29 is 9.47 Å². The molecule has 0 N–H and O–H groups in total. The quantitative estimate of drug-likeness (QED) is 0.298. The monoisotopic (exact) mass is 399 g/mol. The van der Waals surface area contributed by atoms with Crippen LogP contribution in [-0.4, -0.2) is 25.7 Å². The summed E-state index contributed by atoms with van der Waals surface area (Å²) in [6, 6.07) is 17.0. The van der Waals surface area contributed by atoms with Crippen LogP contribution in [0.1, 0.15) is 58.6 Å². The third-order valence-corrected chi connectivity index (χ3v) is 7.05. The van der Waals surface area contributed by atoms with Crippen LogP contribution in [-0.2, 0) is 9.89 Å². The van der Waals surface area contributed by atoms with E-state index in [1.54, 1.807) is 7.11 Å². The molecule has 0 radical (unpaired) electrons. The lowest BCUT2D eigenvalue weighted by molar-refractivity contribution is 0.0499. The largest absolute Gasteiger partial charge is 0.467 e. The van der Waals surface area contributed by atoms with Gasteiger partial charge in [-0.2, -0.15) is 0 Å². The van der Waals surface area contributed by atoms with Crippen molar-refractivity contribution in [2.45, 2.75) is 58.2 Å². The molecule has 0 fully saturated rings. The highest BCUT2D eigenvalue weighted by molar-refractivity contribution is 7.48. The summed E-state index contributed by atoms with van der Waals surface area (Å²) >= 11 is 0. The molecule has 0 bridgehead atoms. The molecule has 4 heteroatoms. The number of nitrogens with zero attached hydrogens (tertiary/aromatic N) is 1. The van der Waals surface area contributed by atoms with E-state index >= 15 is 0 Å². The van der Waals surface area contributed by atoms with E-state index in [4.69, 9.17) is 14.5 Å². The van der Waals surface area contributed by atoms with E-state index < -0.39 is 0 Å². The summed E-state index contributed by atoms with van der Waals surface area (Å²) in [4.78, 5) is 4.74. The maximum atomic E-state index is 5.91. The Hall–Kier alpha value is -1.70. The van der Waals surface area contributed by atoms with Crippen molar-refractivity contribution in [3.63, 3.8) is 0 Å². The minimum Gasteiger partial charge on any atom is -0.467 e. The van der Waals surface area contributed by atoms with Gasteiger partial charge in [-0.3, -0.25) is 4.99 Å². The molecule has 0 aliphatic carbocycles. The van der Waals surface area contributed by atoms with Crippen LogP contribution in [0.2, 0.25) is 0 Å². The van der Waals surface area contributed by atoms with Gasteiger partial charge in [0.25, 0.3) is 0 Å². The van der Waals surface area contributed by atoms with Crippen LogP contribution < -0.4 is 10.0 Å². The maximum Gasteiger partial charge on any atom is 0.188 e. The fourth-order valence-corrected chi connectivity index (χ4v) is 4.91. The lowest BCUT2D eigenvalue weighted by atomic mass is 9.92. The molecular weight excluding hydrogens is 365 g/mol. The van der Waals surface area contributed by atoms with Crippen molar-refractivity contribution in [3.8, 4) is 5.75 Å². The summed E-state index contributed by atoms with van der Waals surface area (Å²) in [5.41, 5.74) is 2.39. The molecule has 2 rings (SSSR count). The second-order valence-corrected chi connectivity index (χ2v) is 9.72. The number of para-hydroxylation sites is 1. The fraction of sp³-hybridized carbons (Fsp3) is 0.458. The second kappa shape index (κ2) is 10.2.